The second kappa shape index (κ2) is 5.23. The minimum Gasteiger partial charge on any atom is -0.324 e. The first-order valence-corrected chi connectivity index (χ1v) is 7.66. The van der Waals surface area contributed by atoms with E-state index in [2.05, 4.69) is 21.2 Å². The van der Waals surface area contributed by atoms with Crippen molar-refractivity contribution < 1.29 is 9.18 Å². The average Bonchev–Trinajstić information content (AvgIpc) is 2.95. The summed E-state index contributed by atoms with van der Waals surface area (Å²) >= 11 is 3.20. The Bertz CT molecular complexity index is 505. The quantitative estimate of drug-likeness (QED) is 0.879. The van der Waals surface area contributed by atoms with E-state index in [0.717, 1.165) is 11.8 Å². The number of fused-ring (bicyclic) bond motifs is 2. The predicted octanol–water partition coefficient (Wildman–Crippen LogP) is 4.35. The zero-order chi connectivity index (χ0) is 13.4. The summed E-state index contributed by atoms with van der Waals surface area (Å²) in [6.45, 7) is 0. The summed E-state index contributed by atoms with van der Waals surface area (Å²) in [6, 6.07) is 4.70. The van der Waals surface area contributed by atoms with E-state index in [9.17, 15) is 9.18 Å². The summed E-state index contributed by atoms with van der Waals surface area (Å²) in [5, 5.41) is 2.69. The number of rotatable bonds is 3. The number of hydrogen-bond donors (Lipinski definition) is 1. The van der Waals surface area contributed by atoms with E-state index >= 15 is 0 Å². The molecule has 2 saturated carbocycles. The van der Waals surface area contributed by atoms with Crippen LogP contribution < -0.4 is 5.32 Å². The third-order valence-electron chi connectivity index (χ3n) is 4.54. The molecule has 19 heavy (non-hydrogen) atoms. The molecule has 1 aromatic rings. The molecule has 0 saturated heterocycles. The second-order valence-corrected chi connectivity index (χ2v) is 6.73. The Balaban J connectivity index is 1.59. The molecule has 2 bridgehead atoms. The maximum Gasteiger partial charge on any atom is 0.224 e. The number of amides is 1. The standard InChI is InChI=1S/C15H17BrFNO/c16-12-3-4-14(13(17)8-12)18-15(19)7-11-6-9-1-2-10(11)5-9/h3-4,8-11H,1-2,5-7H2,(H,18,19). The Labute approximate surface area is 120 Å². The van der Waals surface area contributed by atoms with Gasteiger partial charge in [0.2, 0.25) is 5.91 Å². The molecule has 2 aliphatic rings. The van der Waals surface area contributed by atoms with Crippen molar-refractivity contribution in [3.05, 3.63) is 28.5 Å². The average molecular weight is 326 g/mol. The molecule has 3 rings (SSSR count). The van der Waals surface area contributed by atoms with Crippen molar-refractivity contribution in [3.63, 3.8) is 0 Å². The highest BCUT2D eigenvalue weighted by Crippen LogP contribution is 2.49. The zero-order valence-corrected chi connectivity index (χ0v) is 12.2. The highest BCUT2D eigenvalue weighted by atomic mass is 79.9. The van der Waals surface area contributed by atoms with Gasteiger partial charge in [0.15, 0.2) is 0 Å². The Hall–Kier alpha value is -0.900. The van der Waals surface area contributed by atoms with E-state index in [1.165, 1.54) is 31.7 Å². The lowest BCUT2D eigenvalue weighted by atomic mass is 9.86. The lowest BCUT2D eigenvalue weighted by Gasteiger charge is -2.20. The first-order valence-electron chi connectivity index (χ1n) is 6.86. The van der Waals surface area contributed by atoms with Crippen molar-refractivity contribution >= 4 is 27.5 Å². The molecular weight excluding hydrogens is 309 g/mol. The van der Waals surface area contributed by atoms with Gasteiger partial charge in [0.05, 0.1) is 5.69 Å². The van der Waals surface area contributed by atoms with Crippen LogP contribution in [0.2, 0.25) is 0 Å². The molecule has 1 aromatic carbocycles. The highest BCUT2D eigenvalue weighted by molar-refractivity contribution is 9.10. The second-order valence-electron chi connectivity index (χ2n) is 5.81. The van der Waals surface area contributed by atoms with Crippen molar-refractivity contribution in [1.82, 2.24) is 0 Å². The minimum atomic E-state index is -0.393. The van der Waals surface area contributed by atoms with Crippen LogP contribution in [0.5, 0.6) is 0 Å². The number of anilines is 1. The highest BCUT2D eigenvalue weighted by Gasteiger charge is 2.40. The van der Waals surface area contributed by atoms with E-state index < -0.39 is 5.82 Å². The van der Waals surface area contributed by atoms with Crippen molar-refractivity contribution in [1.29, 1.82) is 0 Å². The first-order chi connectivity index (χ1) is 9.11. The SMILES string of the molecule is O=C(CC1CC2CCC1C2)Nc1ccc(Br)cc1F. The Kier molecular flexibility index (Phi) is 3.61. The number of nitrogens with one attached hydrogen (secondary N) is 1. The van der Waals surface area contributed by atoms with E-state index in [1.54, 1.807) is 12.1 Å². The van der Waals surface area contributed by atoms with Gasteiger partial charge in [0, 0.05) is 10.9 Å². The Morgan fingerprint density at radius 3 is 2.84 bits per heavy atom. The summed E-state index contributed by atoms with van der Waals surface area (Å²) in [4.78, 5) is 12.0. The molecule has 2 fully saturated rings. The van der Waals surface area contributed by atoms with Gasteiger partial charge in [-0.15, -0.1) is 0 Å². The van der Waals surface area contributed by atoms with Crippen molar-refractivity contribution in [2.45, 2.75) is 32.1 Å². The lowest BCUT2D eigenvalue weighted by molar-refractivity contribution is -0.117. The molecular formula is C15H17BrFNO. The molecule has 0 heterocycles. The maximum absolute atomic E-state index is 13.6. The molecule has 0 spiro atoms. The molecule has 4 heteroatoms. The van der Waals surface area contributed by atoms with Crippen LogP contribution in [0.3, 0.4) is 0 Å². The topological polar surface area (TPSA) is 29.1 Å². The van der Waals surface area contributed by atoms with Crippen LogP contribution in [0.15, 0.2) is 22.7 Å². The van der Waals surface area contributed by atoms with Crippen molar-refractivity contribution in [2.24, 2.45) is 17.8 Å². The molecule has 3 atom stereocenters. The van der Waals surface area contributed by atoms with Crippen LogP contribution in [-0.4, -0.2) is 5.91 Å². The van der Waals surface area contributed by atoms with Gasteiger partial charge in [-0.25, -0.2) is 4.39 Å². The third kappa shape index (κ3) is 2.83. The van der Waals surface area contributed by atoms with E-state index in [4.69, 9.17) is 0 Å². The summed E-state index contributed by atoms with van der Waals surface area (Å²) in [5.74, 6) is 1.63. The van der Waals surface area contributed by atoms with E-state index in [1.807, 2.05) is 0 Å². The molecule has 102 valence electrons. The molecule has 0 aliphatic heterocycles. The van der Waals surface area contributed by atoms with Crippen molar-refractivity contribution in [3.8, 4) is 0 Å². The molecule has 3 unspecified atom stereocenters. The fourth-order valence-corrected chi connectivity index (χ4v) is 3.99. The fraction of sp³-hybridized carbons (Fsp3) is 0.533. The largest absolute Gasteiger partial charge is 0.324 e. The van der Waals surface area contributed by atoms with Crippen LogP contribution in [0.4, 0.5) is 10.1 Å². The summed E-state index contributed by atoms with van der Waals surface area (Å²) in [6.07, 6.45) is 5.63. The van der Waals surface area contributed by atoms with Crippen LogP contribution in [0, 0.1) is 23.6 Å². The number of benzene rings is 1. The van der Waals surface area contributed by atoms with Gasteiger partial charge in [0.1, 0.15) is 5.82 Å². The molecule has 2 nitrogen and oxygen atoms in total. The molecule has 2 aliphatic carbocycles. The van der Waals surface area contributed by atoms with Gasteiger partial charge in [-0.1, -0.05) is 22.4 Å². The van der Waals surface area contributed by atoms with Gasteiger partial charge in [-0.05, 0) is 55.2 Å². The van der Waals surface area contributed by atoms with Crippen LogP contribution in [0.25, 0.3) is 0 Å². The van der Waals surface area contributed by atoms with Crippen LogP contribution in [-0.2, 0) is 4.79 Å². The first kappa shape index (κ1) is 13.1. The molecule has 0 radical (unpaired) electrons. The van der Waals surface area contributed by atoms with Gasteiger partial charge in [0.25, 0.3) is 0 Å². The van der Waals surface area contributed by atoms with Gasteiger partial charge in [-0.2, -0.15) is 0 Å². The maximum atomic E-state index is 13.6. The Morgan fingerprint density at radius 1 is 1.37 bits per heavy atom. The number of halogens is 2. The molecule has 0 aromatic heterocycles. The third-order valence-corrected chi connectivity index (χ3v) is 5.03. The number of carbonyl (C=O) groups is 1. The zero-order valence-electron chi connectivity index (χ0n) is 10.7. The van der Waals surface area contributed by atoms with Gasteiger partial charge >= 0.3 is 0 Å². The summed E-state index contributed by atoms with van der Waals surface area (Å²) < 4.78 is 14.3. The molecule has 1 N–H and O–H groups in total. The summed E-state index contributed by atoms with van der Waals surface area (Å²) in [5.41, 5.74) is 0.274. The minimum absolute atomic E-state index is 0.0567. The monoisotopic (exact) mass is 325 g/mol. The fourth-order valence-electron chi connectivity index (χ4n) is 3.66. The smallest absolute Gasteiger partial charge is 0.224 e. The number of hydrogen-bond acceptors (Lipinski definition) is 1. The molecule has 1 amide bonds. The van der Waals surface area contributed by atoms with E-state index in [-0.39, 0.29) is 11.6 Å². The lowest BCUT2D eigenvalue weighted by Crippen LogP contribution is -2.20. The van der Waals surface area contributed by atoms with E-state index in [0.29, 0.717) is 16.8 Å². The van der Waals surface area contributed by atoms with Crippen LogP contribution >= 0.6 is 15.9 Å². The predicted molar refractivity (Wildman–Crippen MR) is 76.3 cm³/mol. The number of carbonyl (C=O) groups excluding carboxylic acids is 1. The van der Waals surface area contributed by atoms with Crippen molar-refractivity contribution in [2.75, 3.05) is 5.32 Å². The normalized spacial score (nSPS) is 28.6. The summed E-state index contributed by atoms with van der Waals surface area (Å²) in [7, 11) is 0. The Morgan fingerprint density at radius 2 is 2.21 bits per heavy atom. The van der Waals surface area contributed by atoms with Gasteiger partial charge in [-0.3, -0.25) is 4.79 Å². The van der Waals surface area contributed by atoms with Crippen LogP contribution in [0.1, 0.15) is 32.1 Å². The van der Waals surface area contributed by atoms with Gasteiger partial charge < -0.3 is 5.32 Å².